The van der Waals surface area contributed by atoms with Crippen LogP contribution in [0.3, 0.4) is 0 Å². The van der Waals surface area contributed by atoms with Gasteiger partial charge in [0.05, 0.1) is 36.1 Å². The van der Waals surface area contributed by atoms with Crippen LogP contribution in [0.15, 0.2) is 54.6 Å². The number of piperidine rings is 1. The molecule has 2 bridgehead atoms. The van der Waals surface area contributed by atoms with Gasteiger partial charge in [-0.2, -0.15) is 0 Å². The zero-order valence-electron chi connectivity index (χ0n) is 27.0. The number of ether oxygens (including phenoxy) is 1. The molecule has 2 aliphatic heterocycles. The van der Waals surface area contributed by atoms with Crippen molar-refractivity contribution < 1.29 is 18.7 Å². The molecular formula is C36H40FN7O3. The van der Waals surface area contributed by atoms with E-state index in [-0.39, 0.29) is 17.9 Å². The monoisotopic (exact) mass is 637 g/mol. The SMILES string of the molecule is COc1cc(C(=O)N[C@H]2CNCC[C@@H]2F)cc2nc(-c3cc4ccc5nc4n3Cc3ccccc3CCCCC(=O)N[C@@H]5C)n(C)c12. The first-order valence-electron chi connectivity index (χ1n) is 16.4. The highest BCUT2D eigenvalue weighted by Crippen LogP contribution is 2.35. The molecule has 10 nitrogen and oxygen atoms in total. The van der Waals surface area contributed by atoms with Gasteiger partial charge in [0.25, 0.3) is 5.91 Å². The largest absolute Gasteiger partial charge is 0.494 e. The van der Waals surface area contributed by atoms with Gasteiger partial charge in [-0.3, -0.25) is 9.59 Å². The van der Waals surface area contributed by atoms with Gasteiger partial charge in [0.2, 0.25) is 5.91 Å². The summed E-state index contributed by atoms with van der Waals surface area (Å²) in [6.07, 6.45) is 2.35. The summed E-state index contributed by atoms with van der Waals surface area (Å²) in [6.45, 7) is 3.53. The summed E-state index contributed by atoms with van der Waals surface area (Å²) in [6, 6.07) is 17.1. The molecule has 1 fully saturated rings. The number of fused-ring (bicyclic) bond motifs is 3. The number of nitrogens with one attached hydrogen (secondary N) is 3. The number of aryl methyl sites for hydroxylation is 2. The maximum absolute atomic E-state index is 14.5. The summed E-state index contributed by atoms with van der Waals surface area (Å²) in [5.41, 5.74) is 6.57. The standard InChI is InChI=1S/C36H40FN7O3/c1-21-27-13-12-23-17-30(44(34(23)40-27)20-24-10-5-4-8-22(24)9-6-7-11-32(45)39-21)35-41-28-16-25(18-31(47-3)33(28)43(35)2)36(46)42-29-19-38-15-14-26(29)37/h4-5,8,10,12-13,16-18,21,26,29,38H,6-7,9,11,14-15,19-20H2,1-3H3,(H,39,45)(H,42,46)/t21-,26+,29+/m1/s1. The average molecular weight is 638 g/mol. The number of nitrogens with zero attached hydrogens (tertiary/aromatic N) is 4. The van der Waals surface area contributed by atoms with Crippen LogP contribution in [0.1, 0.15) is 65.8 Å². The Morgan fingerprint density at radius 2 is 1.87 bits per heavy atom. The second kappa shape index (κ2) is 12.8. The molecule has 11 heteroatoms. The molecule has 47 heavy (non-hydrogen) atoms. The number of alkyl halides is 1. The number of methoxy groups -OCH3 is 1. The molecule has 5 aromatic rings. The molecule has 0 unspecified atom stereocenters. The fraction of sp³-hybridized carbons (Fsp3) is 0.389. The van der Waals surface area contributed by atoms with Crippen LogP contribution in [0.25, 0.3) is 33.6 Å². The number of imidazole rings is 1. The number of pyridine rings is 1. The Bertz CT molecular complexity index is 1980. The molecule has 0 radical (unpaired) electrons. The predicted octanol–water partition coefficient (Wildman–Crippen LogP) is 4.98. The number of carbonyl (C=O) groups excluding carboxylic acids is 2. The van der Waals surface area contributed by atoms with Gasteiger partial charge in [0, 0.05) is 37.5 Å². The van der Waals surface area contributed by atoms with Crippen LogP contribution in [0.2, 0.25) is 0 Å². The van der Waals surface area contributed by atoms with Crippen LogP contribution in [-0.4, -0.2) is 63.3 Å². The third kappa shape index (κ3) is 5.95. The number of hydrogen-bond donors (Lipinski definition) is 3. The number of rotatable bonds is 4. The van der Waals surface area contributed by atoms with E-state index in [0.29, 0.717) is 55.1 Å². The quantitative estimate of drug-likeness (QED) is 0.256. The Balaban J connectivity index is 1.36. The molecule has 7 rings (SSSR count). The Hall–Kier alpha value is -4.77. The van der Waals surface area contributed by atoms with Crippen molar-refractivity contribution in [3.8, 4) is 17.3 Å². The smallest absolute Gasteiger partial charge is 0.251 e. The highest BCUT2D eigenvalue weighted by Gasteiger charge is 2.28. The number of amides is 2. The lowest BCUT2D eigenvalue weighted by molar-refractivity contribution is -0.121. The van der Waals surface area contributed by atoms with Crippen LogP contribution in [0.5, 0.6) is 5.75 Å². The molecule has 2 amide bonds. The van der Waals surface area contributed by atoms with Gasteiger partial charge in [-0.1, -0.05) is 24.3 Å². The van der Waals surface area contributed by atoms with E-state index in [1.807, 2.05) is 30.7 Å². The molecule has 2 aliphatic rings. The summed E-state index contributed by atoms with van der Waals surface area (Å²) < 4.78 is 24.5. The van der Waals surface area contributed by atoms with Crippen LogP contribution >= 0.6 is 0 Å². The molecule has 0 saturated carbocycles. The van der Waals surface area contributed by atoms with E-state index in [4.69, 9.17) is 14.7 Å². The van der Waals surface area contributed by atoms with Crippen molar-refractivity contribution in [3.05, 3.63) is 77.0 Å². The maximum atomic E-state index is 14.5. The third-order valence-corrected chi connectivity index (χ3v) is 9.49. The zero-order valence-corrected chi connectivity index (χ0v) is 27.0. The third-order valence-electron chi connectivity index (χ3n) is 9.49. The zero-order chi connectivity index (χ0) is 32.7. The van der Waals surface area contributed by atoms with Crippen LogP contribution < -0.4 is 20.7 Å². The molecule has 3 aromatic heterocycles. The first-order valence-corrected chi connectivity index (χ1v) is 16.4. The Morgan fingerprint density at radius 1 is 1.06 bits per heavy atom. The van der Waals surface area contributed by atoms with E-state index in [1.165, 1.54) is 11.1 Å². The lowest BCUT2D eigenvalue weighted by Gasteiger charge is -2.27. The molecule has 1 saturated heterocycles. The summed E-state index contributed by atoms with van der Waals surface area (Å²) >= 11 is 0. The molecule has 2 aromatic carbocycles. The Morgan fingerprint density at radius 3 is 2.68 bits per heavy atom. The molecule has 5 heterocycles. The second-order valence-corrected chi connectivity index (χ2v) is 12.7. The van der Waals surface area contributed by atoms with Crippen molar-refractivity contribution in [2.75, 3.05) is 20.2 Å². The summed E-state index contributed by atoms with van der Waals surface area (Å²) in [4.78, 5) is 36.2. The average Bonchev–Trinajstić information content (AvgIpc) is 3.60. The minimum atomic E-state index is -1.10. The second-order valence-electron chi connectivity index (χ2n) is 12.7. The van der Waals surface area contributed by atoms with Crippen LogP contribution in [-0.2, 0) is 24.8 Å². The summed E-state index contributed by atoms with van der Waals surface area (Å²) in [7, 11) is 3.51. The van der Waals surface area contributed by atoms with Crippen molar-refractivity contribution in [2.24, 2.45) is 7.05 Å². The van der Waals surface area contributed by atoms with Gasteiger partial charge in [0.15, 0.2) is 5.82 Å². The minimum Gasteiger partial charge on any atom is -0.494 e. The molecule has 244 valence electrons. The Labute approximate surface area is 272 Å². The first kappa shape index (κ1) is 30.9. The number of benzene rings is 2. The minimum absolute atomic E-state index is 0.0300. The van der Waals surface area contributed by atoms with E-state index >= 15 is 0 Å². The van der Waals surface area contributed by atoms with E-state index in [2.05, 4.69) is 50.8 Å². The summed E-state index contributed by atoms with van der Waals surface area (Å²) in [5.74, 6) is 0.851. The lowest BCUT2D eigenvalue weighted by Crippen LogP contribution is -2.52. The molecule has 0 spiro atoms. The predicted molar refractivity (Wildman–Crippen MR) is 179 cm³/mol. The number of aromatic nitrogens is 4. The van der Waals surface area contributed by atoms with Crippen molar-refractivity contribution >= 4 is 33.9 Å². The van der Waals surface area contributed by atoms with Gasteiger partial charge in [0.1, 0.15) is 23.1 Å². The topological polar surface area (TPSA) is 115 Å². The van der Waals surface area contributed by atoms with Crippen molar-refractivity contribution in [1.29, 1.82) is 0 Å². The van der Waals surface area contributed by atoms with Crippen molar-refractivity contribution in [1.82, 2.24) is 35.1 Å². The lowest BCUT2D eigenvalue weighted by atomic mass is 10.0. The van der Waals surface area contributed by atoms with Gasteiger partial charge in [-0.05, 0) is 80.6 Å². The highest BCUT2D eigenvalue weighted by atomic mass is 19.1. The van der Waals surface area contributed by atoms with Gasteiger partial charge in [-0.25, -0.2) is 14.4 Å². The van der Waals surface area contributed by atoms with Gasteiger partial charge in [-0.15, -0.1) is 0 Å². The van der Waals surface area contributed by atoms with Crippen LogP contribution in [0.4, 0.5) is 4.39 Å². The maximum Gasteiger partial charge on any atom is 0.251 e. The molecule has 3 N–H and O–H groups in total. The number of carbonyl (C=O) groups is 2. The van der Waals surface area contributed by atoms with E-state index in [1.54, 1.807) is 19.2 Å². The van der Waals surface area contributed by atoms with Gasteiger partial charge >= 0.3 is 0 Å². The normalized spacial score (nSPS) is 20.5. The Kier molecular flexibility index (Phi) is 8.40. The molecule has 0 aliphatic carbocycles. The fourth-order valence-corrected chi connectivity index (χ4v) is 6.89. The number of hydrogen-bond acceptors (Lipinski definition) is 6. The van der Waals surface area contributed by atoms with Crippen LogP contribution in [0, 0.1) is 0 Å². The molecule has 3 atom stereocenters. The van der Waals surface area contributed by atoms with Crippen molar-refractivity contribution in [2.45, 2.75) is 63.8 Å². The van der Waals surface area contributed by atoms with E-state index < -0.39 is 12.2 Å². The van der Waals surface area contributed by atoms with E-state index in [9.17, 15) is 14.0 Å². The van der Waals surface area contributed by atoms with Crippen molar-refractivity contribution in [3.63, 3.8) is 0 Å². The van der Waals surface area contributed by atoms with E-state index in [0.717, 1.165) is 47.2 Å². The first-order chi connectivity index (χ1) is 22.8. The highest BCUT2D eigenvalue weighted by molar-refractivity contribution is 6.00. The number of halogens is 1. The fourth-order valence-electron chi connectivity index (χ4n) is 6.89. The summed E-state index contributed by atoms with van der Waals surface area (Å²) in [5, 5.41) is 10.1. The van der Waals surface area contributed by atoms with Gasteiger partial charge < -0.3 is 29.8 Å². The molecular weight excluding hydrogens is 597 g/mol.